The number of nitrogen functional groups attached to an aromatic ring is 9. The molecule has 0 spiro atoms. The third-order valence-corrected chi connectivity index (χ3v) is 13.6. The Hall–Kier alpha value is -12.0. The van der Waals surface area contributed by atoms with Crippen molar-refractivity contribution in [2.75, 3.05) is 58.7 Å². The van der Waals surface area contributed by atoms with E-state index in [0.717, 1.165) is 34.9 Å². The number of ether oxygens (including phenoxy) is 2. The first-order valence-corrected chi connectivity index (χ1v) is 30.8. The molecule has 23 N–H and O–H groups in total. The molecule has 0 aliphatic heterocycles. The molecule has 21 heteroatoms. The monoisotopic (exact) mass is 1320 g/mol. The molecule has 1 amide bonds. The molecule has 11 rings (SSSR count). The van der Waals surface area contributed by atoms with Crippen LogP contribution >= 0.6 is 11.6 Å². The molecule has 0 saturated heterocycles. The fourth-order valence-corrected chi connectivity index (χ4v) is 8.41. The molecule has 11 aromatic carbocycles. The summed E-state index contributed by atoms with van der Waals surface area (Å²) in [6, 6.07) is 85.8. The van der Waals surface area contributed by atoms with Crippen molar-refractivity contribution in [1.29, 1.82) is 5.26 Å². The van der Waals surface area contributed by atoms with Gasteiger partial charge in [-0.1, -0.05) is 163 Å². The first-order chi connectivity index (χ1) is 45.3. The van der Waals surface area contributed by atoms with Gasteiger partial charge in [0, 0.05) is 56.5 Å². The first kappa shape index (κ1) is 77.3. The normalized spacial score (nSPS) is 9.95. The minimum absolute atomic E-state index is 0.0121. The summed E-state index contributed by atoms with van der Waals surface area (Å²) in [6.45, 7) is 3.22. The van der Waals surface area contributed by atoms with E-state index in [0.29, 0.717) is 61.6 Å². The number of anilines is 9. The zero-order chi connectivity index (χ0) is 70.1. The number of carbonyl (C=O) groups is 2. The van der Waals surface area contributed by atoms with E-state index in [1.807, 2.05) is 127 Å². The second kappa shape index (κ2) is 42.1. The van der Waals surface area contributed by atoms with Gasteiger partial charge in [0.25, 0.3) is 5.91 Å². The summed E-state index contributed by atoms with van der Waals surface area (Å²) in [4.78, 5) is 21.3. The van der Waals surface area contributed by atoms with Gasteiger partial charge in [0.2, 0.25) is 10.0 Å². The molecule has 0 bridgehead atoms. The molecular formula is C74H81ClN12O7S. The summed E-state index contributed by atoms with van der Waals surface area (Å²) in [7, 11) is -2.04. The van der Waals surface area contributed by atoms with Crippen LogP contribution in [0.25, 0.3) is 0 Å². The van der Waals surface area contributed by atoms with Crippen LogP contribution in [0.2, 0.25) is 5.02 Å². The zero-order valence-electron chi connectivity index (χ0n) is 52.8. The topological polar surface area (TPSA) is 417 Å². The van der Waals surface area contributed by atoms with E-state index in [-0.39, 0.29) is 16.4 Å². The van der Waals surface area contributed by atoms with Crippen molar-refractivity contribution < 1.29 is 32.6 Å². The van der Waals surface area contributed by atoms with E-state index < -0.39 is 22.0 Å². The lowest BCUT2D eigenvalue weighted by Crippen LogP contribution is -2.13. The lowest BCUT2D eigenvalue weighted by Gasteiger charge is -2.07. The number of amides is 1. The molecule has 11 aromatic rings. The van der Waals surface area contributed by atoms with Crippen molar-refractivity contribution in [1.82, 2.24) is 0 Å². The van der Waals surface area contributed by atoms with Crippen molar-refractivity contribution >= 4 is 84.5 Å². The number of nitrogens with zero attached hydrogens (tertiary/aromatic N) is 1. The third kappa shape index (κ3) is 31.1. The smallest absolute Gasteiger partial charge is 0.250 e. The molecule has 0 heterocycles. The Morgan fingerprint density at radius 2 is 0.937 bits per heavy atom. The first-order valence-electron chi connectivity index (χ1n) is 28.8. The number of rotatable bonds is 9. The Bertz CT molecular complexity index is 4100. The van der Waals surface area contributed by atoms with Crippen LogP contribution in [-0.4, -0.2) is 32.3 Å². The maximum atomic E-state index is 10.8. The van der Waals surface area contributed by atoms with Crippen molar-refractivity contribution in [3.05, 3.63) is 317 Å². The van der Waals surface area contributed by atoms with E-state index in [1.165, 1.54) is 30.2 Å². The van der Waals surface area contributed by atoms with Crippen LogP contribution in [0.15, 0.2) is 284 Å². The predicted octanol–water partition coefficient (Wildman–Crippen LogP) is 13.3. The Morgan fingerprint density at radius 1 is 0.495 bits per heavy atom. The van der Waals surface area contributed by atoms with Gasteiger partial charge < -0.3 is 71.9 Å². The van der Waals surface area contributed by atoms with Crippen molar-refractivity contribution in [2.24, 2.45) is 10.9 Å². The molecule has 492 valence electrons. The standard InChI is InChI=1S/C13H13N.C12H11NO.C8H11NO.C8H9NO.C7H8N2O.C7H6N2.C7H9NO.C6H6ClN.C6H8N2O2S/c14-13-9-5-4-8-12(13)10-11-6-2-1-3-7-11;13-11-8-4-5-9-12(11)14-10-6-2-1-3-7-10;1-6(10)7-3-2-4-8(9)5-7;1-6(10)7-4-2-3-5-8(7)9;8-6-4-2-1-3-5(6)7(9)10;8-5-6-3-1-2-4-7(6)9;1-9-7-4-2-3-6(8)5-7;7-5-2-1-3-6(8)4-5;7-5-3-1-2-4-6(5)11(8,9)10/h1-9H,10,14H2;1-9H,13H2;2-6,10H,9H2,1H3;2-5H,9H2,1H3;1-4H,8H2,(H2,9,10);1-4H,9H2;2-5H,8H2,1H3;1-4H,8H2;1-4H,7H2,(H2,8,9,10). The number of primary sulfonamides is 1. The Labute approximate surface area is 561 Å². The quantitative estimate of drug-likeness (QED) is 0.0472. The van der Waals surface area contributed by atoms with Crippen molar-refractivity contribution in [2.45, 2.75) is 31.3 Å². The predicted molar refractivity (Wildman–Crippen MR) is 390 cm³/mol. The maximum Gasteiger partial charge on any atom is 0.250 e. The number of ketones is 1. The van der Waals surface area contributed by atoms with Gasteiger partial charge in [-0.2, -0.15) is 5.26 Å². The number of nitrogens with two attached hydrogens (primary N) is 11. The number of hydrogen-bond acceptors (Lipinski definition) is 17. The number of aliphatic hydroxyl groups is 1. The molecule has 1 atom stereocenters. The number of nitriles is 1. The van der Waals surface area contributed by atoms with E-state index in [1.54, 1.807) is 129 Å². The average molecular weight is 1320 g/mol. The van der Waals surface area contributed by atoms with Crippen LogP contribution in [0.4, 0.5) is 51.2 Å². The van der Waals surface area contributed by atoms with Gasteiger partial charge in [-0.3, -0.25) is 9.59 Å². The van der Waals surface area contributed by atoms with Crippen LogP contribution < -0.4 is 71.9 Å². The number of halogens is 1. The SMILES string of the molecule is CC(=O)c1ccccc1N.CC(O)c1cccc(N)c1.COc1cccc(N)c1.N#Cc1ccccc1N.NC(=O)c1ccccc1N.Nc1cccc(Cl)c1.Nc1ccccc1Cc1ccccc1.Nc1ccccc1Oc1ccccc1.Nc1ccccc1S(N)(=O)=O. The lowest BCUT2D eigenvalue weighted by atomic mass is 10.0. The second-order valence-corrected chi connectivity index (χ2v) is 21.8. The molecule has 0 saturated carbocycles. The fraction of sp³-hybridized carbons (Fsp3) is 0.0676. The molecule has 0 radical (unpaired) electrons. The van der Waals surface area contributed by atoms with Crippen molar-refractivity contribution in [3.63, 3.8) is 0 Å². The highest BCUT2D eigenvalue weighted by atomic mass is 35.5. The lowest BCUT2D eigenvalue weighted by molar-refractivity contribution is 0.0997. The summed E-state index contributed by atoms with van der Waals surface area (Å²) in [5.74, 6) is 1.82. The number of carbonyl (C=O) groups excluding carboxylic acids is 2. The minimum Gasteiger partial charge on any atom is -0.497 e. The molecule has 1 unspecified atom stereocenters. The Balaban J connectivity index is 0.000000280. The van der Waals surface area contributed by atoms with E-state index >= 15 is 0 Å². The summed E-state index contributed by atoms with van der Waals surface area (Å²) in [5.41, 5.74) is 64.8. The number of sulfonamides is 1. The summed E-state index contributed by atoms with van der Waals surface area (Å²) >= 11 is 5.56. The number of hydrogen-bond donors (Lipinski definition) is 12. The van der Waals surface area contributed by atoms with E-state index in [2.05, 4.69) is 30.3 Å². The highest BCUT2D eigenvalue weighted by Crippen LogP contribution is 2.26. The number of primary amides is 1. The highest BCUT2D eigenvalue weighted by molar-refractivity contribution is 7.89. The van der Waals surface area contributed by atoms with Gasteiger partial charge in [-0.05, 0) is 158 Å². The number of methoxy groups -OCH3 is 1. The number of aliphatic hydroxyl groups excluding tert-OH is 1. The second-order valence-electron chi connectivity index (χ2n) is 19.9. The summed E-state index contributed by atoms with van der Waals surface area (Å²) < 4.78 is 32.0. The van der Waals surface area contributed by atoms with Crippen LogP contribution in [0.1, 0.15) is 62.9 Å². The maximum absolute atomic E-state index is 10.8. The Kier molecular flexibility index (Phi) is 34.3. The van der Waals surface area contributed by atoms with Crippen LogP contribution in [0, 0.1) is 11.3 Å². The molecule has 0 fully saturated rings. The molecule has 0 aliphatic rings. The third-order valence-electron chi connectivity index (χ3n) is 12.4. The van der Waals surface area contributed by atoms with E-state index in [9.17, 15) is 18.0 Å². The fourth-order valence-electron chi connectivity index (χ4n) is 7.54. The van der Waals surface area contributed by atoms with Crippen molar-refractivity contribution in [3.8, 4) is 23.3 Å². The minimum atomic E-state index is -3.66. The van der Waals surface area contributed by atoms with Gasteiger partial charge in [-0.25, -0.2) is 13.6 Å². The molecule has 95 heavy (non-hydrogen) atoms. The van der Waals surface area contributed by atoms with Crippen LogP contribution in [-0.2, 0) is 16.4 Å². The van der Waals surface area contributed by atoms with Gasteiger partial charge in [-0.15, -0.1) is 0 Å². The van der Waals surface area contributed by atoms with Gasteiger partial charge in [0.15, 0.2) is 5.78 Å². The Morgan fingerprint density at radius 3 is 1.33 bits per heavy atom. The molecular weight excluding hydrogens is 1240 g/mol. The van der Waals surface area contributed by atoms with Gasteiger partial charge >= 0.3 is 0 Å². The summed E-state index contributed by atoms with van der Waals surface area (Å²) in [5, 5.41) is 23.0. The van der Waals surface area contributed by atoms with Crippen LogP contribution in [0.5, 0.6) is 17.2 Å². The molecule has 0 aromatic heterocycles. The highest BCUT2D eigenvalue weighted by Gasteiger charge is 2.10. The molecule has 0 aliphatic carbocycles. The number of Topliss-reactive ketones (excluding diaryl/α,β-unsaturated/α-hetero) is 1. The largest absolute Gasteiger partial charge is 0.497 e. The average Bonchev–Trinajstić information content (AvgIpc) is 0.943. The van der Waals surface area contributed by atoms with Gasteiger partial charge in [0.1, 0.15) is 28.2 Å². The van der Waals surface area contributed by atoms with E-state index in [4.69, 9.17) is 93.9 Å². The number of para-hydroxylation sites is 8. The molecule has 19 nitrogen and oxygen atoms in total. The zero-order valence-corrected chi connectivity index (χ0v) is 54.4. The van der Waals surface area contributed by atoms with Gasteiger partial charge in [0.05, 0.1) is 35.7 Å². The summed E-state index contributed by atoms with van der Waals surface area (Å²) in [6.07, 6.45) is 0.483. The number of benzene rings is 11. The van der Waals surface area contributed by atoms with Crippen LogP contribution in [0.3, 0.4) is 0 Å².